The van der Waals surface area contributed by atoms with E-state index in [2.05, 4.69) is 0 Å². The Hall–Kier alpha value is -0.610. The topological polar surface area (TPSA) is 127 Å². The van der Waals surface area contributed by atoms with Gasteiger partial charge in [-0.1, -0.05) is 0 Å². The minimum atomic E-state index is -1.61. The van der Waals surface area contributed by atoms with E-state index in [0.29, 0.717) is 32.0 Å². The van der Waals surface area contributed by atoms with Crippen molar-refractivity contribution >= 4 is 5.78 Å². The quantitative estimate of drug-likeness (QED) is 0.269. The van der Waals surface area contributed by atoms with Crippen LogP contribution in [0, 0.1) is 10.8 Å². The van der Waals surface area contributed by atoms with Crippen LogP contribution in [0.2, 0.25) is 0 Å². The molecule has 0 unspecified atom stereocenters. The third-order valence-electron chi connectivity index (χ3n) is 6.07. The highest BCUT2D eigenvalue weighted by Gasteiger charge is 2.69. The first kappa shape index (κ1) is 17.2. The fourth-order valence-electron chi connectivity index (χ4n) is 5.25. The highest BCUT2D eigenvalue weighted by molar-refractivity contribution is 5.91. The summed E-state index contributed by atoms with van der Waals surface area (Å²) in [5.74, 6) is 0.293. The van der Waals surface area contributed by atoms with Crippen molar-refractivity contribution in [1.29, 1.82) is 0 Å². The highest BCUT2D eigenvalue weighted by atomic mass is 16.4. The molecular formula is C15H28N2O6+2. The zero-order valence-electron chi connectivity index (χ0n) is 13.6. The largest absolute Gasteiger partial charge is 0.394 e. The van der Waals surface area contributed by atoms with Crippen LogP contribution in [0.25, 0.3) is 0 Å². The van der Waals surface area contributed by atoms with Gasteiger partial charge in [-0.15, -0.1) is 0 Å². The summed E-state index contributed by atoms with van der Waals surface area (Å²) in [6.07, 6.45) is -6.24. The first-order valence-electron chi connectivity index (χ1n) is 8.20. The maximum absolute atomic E-state index is 12.6. The van der Waals surface area contributed by atoms with E-state index in [9.17, 15) is 25.2 Å². The smallest absolute Gasteiger partial charge is 0.242 e. The molecule has 8 heteroatoms. The summed E-state index contributed by atoms with van der Waals surface area (Å²) in [6.45, 7) is 5.68. The molecule has 0 aromatic rings. The Morgan fingerprint density at radius 2 is 1.43 bits per heavy atom. The van der Waals surface area contributed by atoms with E-state index >= 15 is 0 Å². The number of carbonyl (C=O) groups is 1. The second-order valence-electron chi connectivity index (χ2n) is 8.17. The summed E-state index contributed by atoms with van der Waals surface area (Å²) < 4.78 is 0. The molecule has 4 aliphatic rings. The number of piperidine rings is 2. The maximum atomic E-state index is 12.6. The van der Waals surface area contributed by atoms with Crippen LogP contribution >= 0.6 is 0 Å². The van der Waals surface area contributed by atoms with Gasteiger partial charge in [0.15, 0.2) is 11.9 Å². The lowest BCUT2D eigenvalue weighted by molar-refractivity contribution is -1.17. The van der Waals surface area contributed by atoms with Gasteiger partial charge in [0.05, 0.1) is 32.8 Å². The van der Waals surface area contributed by atoms with Crippen LogP contribution in [0.4, 0.5) is 0 Å². The minimum Gasteiger partial charge on any atom is -0.394 e. The fourth-order valence-corrected chi connectivity index (χ4v) is 5.25. The van der Waals surface area contributed by atoms with Crippen molar-refractivity contribution in [3.8, 4) is 0 Å². The Kier molecular flexibility index (Phi) is 4.08. The van der Waals surface area contributed by atoms with Gasteiger partial charge in [0, 0.05) is 0 Å². The molecule has 4 saturated heterocycles. The minimum absolute atomic E-state index is 0.293. The number of ketones is 1. The molecule has 23 heavy (non-hydrogen) atoms. The monoisotopic (exact) mass is 332 g/mol. The van der Waals surface area contributed by atoms with Crippen LogP contribution < -0.4 is 9.80 Å². The first-order valence-corrected chi connectivity index (χ1v) is 8.20. The SMILES string of the molecule is CC12C[NH+]3CC(C)(C[NH+](C1)C3[C@@H](O)[C@H](O)[C@H](O)[C@H](O)CO)C2=O. The molecule has 0 aromatic carbocycles. The van der Waals surface area contributed by atoms with E-state index in [4.69, 9.17) is 5.11 Å². The van der Waals surface area contributed by atoms with Gasteiger partial charge in [0.1, 0.15) is 29.1 Å². The molecule has 7 N–H and O–H groups in total. The Labute approximate surface area is 134 Å². The lowest BCUT2D eigenvalue weighted by Crippen LogP contribution is -3.46. The zero-order valence-corrected chi connectivity index (χ0v) is 13.6. The molecule has 0 amide bonds. The molecule has 4 fully saturated rings. The standard InChI is InChI=1S/C15H26N2O6/c1-14-4-16-6-15(2,13(14)23)7-17(5-14)12(16)11(22)10(21)9(20)8(19)3-18/h8-12,18-22H,3-7H2,1-2H3/p+2/t8-,9-,10-,11+,12?,14?,15?/m1/s1. The van der Waals surface area contributed by atoms with E-state index < -0.39 is 41.9 Å². The number of carbonyl (C=O) groups excluding carboxylic acids is 1. The normalized spacial score (nSPS) is 47.4. The Balaban J connectivity index is 1.80. The zero-order chi connectivity index (χ0) is 17.2. The first-order chi connectivity index (χ1) is 10.6. The van der Waals surface area contributed by atoms with Crippen molar-refractivity contribution in [2.45, 2.75) is 44.4 Å². The van der Waals surface area contributed by atoms with Crippen molar-refractivity contribution in [2.24, 2.45) is 10.8 Å². The number of aliphatic hydroxyl groups excluding tert-OH is 5. The Morgan fingerprint density at radius 1 is 1.00 bits per heavy atom. The molecule has 4 heterocycles. The van der Waals surface area contributed by atoms with Crippen molar-refractivity contribution < 1.29 is 40.1 Å². The molecule has 132 valence electrons. The maximum Gasteiger partial charge on any atom is 0.242 e. The van der Waals surface area contributed by atoms with Crippen LogP contribution in [0.1, 0.15) is 13.8 Å². The summed E-state index contributed by atoms with van der Waals surface area (Å²) in [6, 6.07) is 0. The summed E-state index contributed by atoms with van der Waals surface area (Å²) in [7, 11) is 0. The van der Waals surface area contributed by atoms with E-state index in [1.807, 2.05) is 13.8 Å². The van der Waals surface area contributed by atoms with Gasteiger partial charge in [-0.2, -0.15) is 0 Å². The highest BCUT2D eigenvalue weighted by Crippen LogP contribution is 2.34. The number of aliphatic hydroxyl groups is 5. The van der Waals surface area contributed by atoms with Crippen LogP contribution in [-0.4, -0.2) is 94.7 Å². The summed E-state index contributed by atoms with van der Waals surface area (Å²) >= 11 is 0. The molecule has 4 aliphatic heterocycles. The third-order valence-corrected chi connectivity index (χ3v) is 6.07. The van der Waals surface area contributed by atoms with E-state index in [1.165, 1.54) is 0 Å². The van der Waals surface area contributed by atoms with Gasteiger partial charge >= 0.3 is 0 Å². The summed E-state index contributed by atoms with van der Waals surface area (Å²) in [5.41, 5.74) is -0.805. The molecule has 0 aromatic heterocycles. The van der Waals surface area contributed by atoms with E-state index in [-0.39, 0.29) is 6.17 Å². The fraction of sp³-hybridized carbons (Fsp3) is 0.933. The number of rotatable bonds is 5. The number of nitrogens with one attached hydrogen (secondary N) is 2. The molecule has 0 aliphatic carbocycles. The lowest BCUT2D eigenvalue weighted by Gasteiger charge is -2.59. The second kappa shape index (κ2) is 5.45. The van der Waals surface area contributed by atoms with Gasteiger partial charge < -0.3 is 25.5 Å². The second-order valence-corrected chi connectivity index (χ2v) is 8.17. The number of Topliss-reactive ketones (excluding diaryl/α,β-unsaturated/α-hetero) is 1. The predicted octanol–water partition coefficient (Wildman–Crippen LogP) is -5.86. The Morgan fingerprint density at radius 3 is 1.83 bits per heavy atom. The molecule has 4 atom stereocenters. The average molecular weight is 332 g/mol. The van der Waals surface area contributed by atoms with Crippen LogP contribution in [0.15, 0.2) is 0 Å². The van der Waals surface area contributed by atoms with Crippen LogP contribution in [0.3, 0.4) is 0 Å². The molecular weight excluding hydrogens is 304 g/mol. The van der Waals surface area contributed by atoms with Crippen molar-refractivity contribution in [1.82, 2.24) is 0 Å². The van der Waals surface area contributed by atoms with Crippen molar-refractivity contribution in [2.75, 3.05) is 32.8 Å². The predicted molar refractivity (Wildman–Crippen MR) is 77.5 cm³/mol. The Bertz CT molecular complexity index is 460. The van der Waals surface area contributed by atoms with Gasteiger partial charge in [-0.25, -0.2) is 0 Å². The molecule has 8 nitrogen and oxygen atoms in total. The molecule has 0 radical (unpaired) electrons. The van der Waals surface area contributed by atoms with Gasteiger partial charge in [-0.05, 0) is 13.8 Å². The number of hydrogen-bond donors (Lipinski definition) is 7. The van der Waals surface area contributed by atoms with Gasteiger partial charge in [-0.3, -0.25) is 14.6 Å². The van der Waals surface area contributed by atoms with Gasteiger partial charge in [0.2, 0.25) is 6.17 Å². The van der Waals surface area contributed by atoms with Crippen molar-refractivity contribution in [3.05, 3.63) is 0 Å². The van der Waals surface area contributed by atoms with Crippen LogP contribution in [-0.2, 0) is 4.79 Å². The van der Waals surface area contributed by atoms with Gasteiger partial charge in [0.25, 0.3) is 0 Å². The molecule has 4 rings (SSSR count). The average Bonchev–Trinajstić information content (AvgIpc) is 2.48. The summed E-state index contributed by atoms with van der Waals surface area (Å²) in [5, 5.41) is 49.0. The molecule has 0 spiro atoms. The number of quaternary nitrogens is 2. The molecule has 0 saturated carbocycles. The number of hydrogen-bond acceptors (Lipinski definition) is 6. The molecule has 4 bridgehead atoms. The van der Waals surface area contributed by atoms with Crippen molar-refractivity contribution in [3.63, 3.8) is 0 Å². The van der Waals surface area contributed by atoms with Crippen LogP contribution in [0.5, 0.6) is 0 Å². The third kappa shape index (κ3) is 2.44. The van der Waals surface area contributed by atoms with E-state index in [1.54, 1.807) is 0 Å². The van der Waals surface area contributed by atoms with E-state index in [0.717, 1.165) is 9.80 Å². The lowest BCUT2D eigenvalue weighted by atomic mass is 9.61. The summed E-state index contributed by atoms with van der Waals surface area (Å²) in [4.78, 5) is 14.7.